The molecule has 0 bridgehead atoms. The molecule has 5 heteroatoms. The second-order valence-electron chi connectivity index (χ2n) is 6.70. The van der Waals surface area contributed by atoms with Gasteiger partial charge in [-0.25, -0.2) is 9.97 Å². The van der Waals surface area contributed by atoms with E-state index in [0.29, 0.717) is 5.41 Å². The Hall–Kier alpha value is -1.62. The lowest BCUT2D eigenvalue weighted by atomic mass is 9.77. The van der Waals surface area contributed by atoms with Crippen LogP contribution in [0, 0.1) is 5.41 Å². The van der Waals surface area contributed by atoms with Gasteiger partial charge in [-0.05, 0) is 43.2 Å². The van der Waals surface area contributed by atoms with Gasteiger partial charge in [0.1, 0.15) is 10.8 Å². The summed E-state index contributed by atoms with van der Waals surface area (Å²) in [5, 5.41) is 0.922. The Kier molecular flexibility index (Phi) is 4.21. The minimum absolute atomic E-state index is 0.653. The molecule has 0 atom stereocenters. The van der Waals surface area contributed by atoms with E-state index in [1.165, 1.54) is 38.5 Å². The van der Waals surface area contributed by atoms with Crippen LogP contribution in [0.15, 0.2) is 46.8 Å². The molecule has 3 heterocycles. The quantitative estimate of drug-likeness (QED) is 0.846. The first kappa shape index (κ1) is 14.9. The number of hydrogen-bond donors (Lipinski definition) is 0. The molecule has 2 aromatic rings. The molecular weight excluding hydrogens is 304 g/mol. The second-order valence-corrected chi connectivity index (χ2v) is 7.79. The summed E-state index contributed by atoms with van der Waals surface area (Å²) in [5.41, 5.74) is 0.653. The van der Waals surface area contributed by atoms with Crippen molar-refractivity contribution in [2.45, 2.75) is 48.4 Å². The minimum atomic E-state index is 0.653. The van der Waals surface area contributed by atoms with E-state index in [4.69, 9.17) is 0 Å². The second kappa shape index (κ2) is 6.48. The van der Waals surface area contributed by atoms with Gasteiger partial charge in [0.2, 0.25) is 0 Å². The molecule has 2 aliphatic rings. The summed E-state index contributed by atoms with van der Waals surface area (Å²) in [4.78, 5) is 16.8. The Morgan fingerprint density at radius 2 is 1.78 bits per heavy atom. The van der Waals surface area contributed by atoms with Crippen molar-refractivity contribution in [3.05, 3.63) is 36.9 Å². The van der Waals surface area contributed by atoms with Crippen LogP contribution in [-0.4, -0.2) is 28.0 Å². The van der Waals surface area contributed by atoms with Crippen LogP contribution in [0.5, 0.6) is 0 Å². The fourth-order valence-electron chi connectivity index (χ4n) is 3.89. The molecule has 23 heavy (non-hydrogen) atoms. The summed E-state index contributed by atoms with van der Waals surface area (Å²) in [6.07, 6.45) is 15.8. The Balaban J connectivity index is 1.39. The number of piperidine rings is 1. The molecular formula is C18H22N4S. The molecule has 1 aliphatic carbocycles. The largest absolute Gasteiger partial charge is 0.355 e. The third-order valence-corrected chi connectivity index (χ3v) is 6.18. The van der Waals surface area contributed by atoms with Crippen LogP contribution >= 0.6 is 11.8 Å². The average molecular weight is 326 g/mol. The highest BCUT2D eigenvalue weighted by Gasteiger charge is 2.37. The molecule has 0 amide bonds. The van der Waals surface area contributed by atoms with Crippen LogP contribution in [-0.2, 0) is 0 Å². The first-order valence-electron chi connectivity index (χ1n) is 8.48. The molecule has 2 fully saturated rings. The highest BCUT2D eigenvalue weighted by molar-refractivity contribution is 7.99. The molecule has 4 rings (SSSR count). The summed E-state index contributed by atoms with van der Waals surface area (Å²) in [6, 6.07) is 3.98. The van der Waals surface area contributed by atoms with Gasteiger partial charge in [0, 0.05) is 30.4 Å². The summed E-state index contributed by atoms with van der Waals surface area (Å²) in [5.74, 6) is 1.02. The molecule has 0 aromatic carbocycles. The van der Waals surface area contributed by atoms with Gasteiger partial charge in [0.25, 0.3) is 0 Å². The molecule has 0 unspecified atom stereocenters. The molecule has 4 nitrogen and oxygen atoms in total. The number of pyridine rings is 1. The predicted octanol–water partition coefficient (Wildman–Crippen LogP) is 4.18. The minimum Gasteiger partial charge on any atom is -0.355 e. The van der Waals surface area contributed by atoms with Crippen molar-refractivity contribution >= 4 is 17.6 Å². The van der Waals surface area contributed by atoms with Gasteiger partial charge in [-0.1, -0.05) is 24.6 Å². The van der Waals surface area contributed by atoms with Crippen molar-refractivity contribution in [2.24, 2.45) is 5.41 Å². The van der Waals surface area contributed by atoms with Gasteiger partial charge in [-0.15, -0.1) is 0 Å². The SMILES string of the molecule is c1cncc(Sc2cnc(N3CCC4(CCCC4)CC3)cn2)c1. The molecule has 120 valence electrons. The lowest BCUT2D eigenvalue weighted by Gasteiger charge is -2.39. The van der Waals surface area contributed by atoms with Crippen molar-refractivity contribution < 1.29 is 0 Å². The highest BCUT2D eigenvalue weighted by Crippen LogP contribution is 2.46. The lowest BCUT2D eigenvalue weighted by Crippen LogP contribution is -2.39. The van der Waals surface area contributed by atoms with Crippen LogP contribution in [0.3, 0.4) is 0 Å². The van der Waals surface area contributed by atoms with Crippen LogP contribution in [0.4, 0.5) is 5.82 Å². The van der Waals surface area contributed by atoms with Crippen LogP contribution in [0.1, 0.15) is 38.5 Å². The van der Waals surface area contributed by atoms with Crippen LogP contribution in [0.25, 0.3) is 0 Å². The molecule has 2 aromatic heterocycles. The number of anilines is 1. The third kappa shape index (κ3) is 3.34. The van der Waals surface area contributed by atoms with Crippen molar-refractivity contribution in [1.82, 2.24) is 15.0 Å². The van der Waals surface area contributed by atoms with Crippen molar-refractivity contribution in [3.8, 4) is 0 Å². The van der Waals surface area contributed by atoms with Gasteiger partial charge in [-0.3, -0.25) is 4.98 Å². The van der Waals surface area contributed by atoms with E-state index >= 15 is 0 Å². The third-order valence-electron chi connectivity index (χ3n) is 5.28. The average Bonchev–Trinajstić information content (AvgIpc) is 3.06. The van der Waals surface area contributed by atoms with Gasteiger partial charge in [0.15, 0.2) is 0 Å². The lowest BCUT2D eigenvalue weighted by molar-refractivity contribution is 0.226. The fraction of sp³-hybridized carbons (Fsp3) is 0.500. The number of rotatable bonds is 3. The maximum absolute atomic E-state index is 4.64. The molecule has 1 aliphatic heterocycles. The smallest absolute Gasteiger partial charge is 0.147 e. The van der Waals surface area contributed by atoms with E-state index in [2.05, 4.69) is 19.9 Å². The first-order valence-corrected chi connectivity index (χ1v) is 9.30. The summed E-state index contributed by atoms with van der Waals surface area (Å²) in [7, 11) is 0. The Morgan fingerprint density at radius 1 is 0.957 bits per heavy atom. The standard InChI is InChI=1S/C18H22N4S/c1-2-6-18(5-1)7-10-22(11-8-18)16-13-21-17(14-20-16)23-15-4-3-9-19-12-15/h3-4,9,12-14H,1-2,5-8,10-11H2. The number of nitrogens with zero attached hydrogens (tertiary/aromatic N) is 4. The number of aromatic nitrogens is 3. The van der Waals surface area contributed by atoms with Crippen molar-refractivity contribution in [2.75, 3.05) is 18.0 Å². The van der Waals surface area contributed by atoms with Crippen molar-refractivity contribution in [3.63, 3.8) is 0 Å². The highest BCUT2D eigenvalue weighted by atomic mass is 32.2. The van der Waals surface area contributed by atoms with Crippen LogP contribution < -0.4 is 4.90 Å². The fourth-order valence-corrected chi connectivity index (χ4v) is 4.60. The first-order chi connectivity index (χ1) is 11.3. The van der Waals surface area contributed by atoms with Gasteiger partial charge in [0.05, 0.1) is 12.4 Å². The maximum Gasteiger partial charge on any atom is 0.147 e. The zero-order valence-electron chi connectivity index (χ0n) is 13.3. The van der Waals surface area contributed by atoms with Gasteiger partial charge < -0.3 is 4.90 Å². The molecule has 0 N–H and O–H groups in total. The zero-order valence-corrected chi connectivity index (χ0v) is 14.1. The molecule has 1 saturated carbocycles. The Bertz CT molecular complexity index is 628. The summed E-state index contributed by atoms with van der Waals surface area (Å²) < 4.78 is 0. The normalized spacial score (nSPS) is 20.1. The number of hydrogen-bond acceptors (Lipinski definition) is 5. The summed E-state index contributed by atoms with van der Waals surface area (Å²) >= 11 is 1.60. The maximum atomic E-state index is 4.64. The molecule has 1 saturated heterocycles. The Labute approximate surface area is 141 Å². The van der Waals surface area contributed by atoms with E-state index in [1.807, 2.05) is 30.7 Å². The Morgan fingerprint density at radius 3 is 2.43 bits per heavy atom. The summed E-state index contributed by atoms with van der Waals surface area (Å²) in [6.45, 7) is 2.26. The van der Waals surface area contributed by atoms with E-state index < -0.39 is 0 Å². The van der Waals surface area contributed by atoms with Gasteiger partial charge in [-0.2, -0.15) is 0 Å². The van der Waals surface area contributed by atoms with E-state index in [1.54, 1.807) is 18.0 Å². The zero-order chi connectivity index (χ0) is 15.5. The monoisotopic (exact) mass is 326 g/mol. The van der Waals surface area contributed by atoms with Crippen molar-refractivity contribution in [1.29, 1.82) is 0 Å². The van der Waals surface area contributed by atoms with E-state index in [9.17, 15) is 0 Å². The van der Waals surface area contributed by atoms with E-state index in [-0.39, 0.29) is 0 Å². The molecule has 0 radical (unpaired) electrons. The predicted molar refractivity (Wildman–Crippen MR) is 92.7 cm³/mol. The topological polar surface area (TPSA) is 41.9 Å². The van der Waals surface area contributed by atoms with Crippen LogP contribution in [0.2, 0.25) is 0 Å². The van der Waals surface area contributed by atoms with E-state index in [0.717, 1.165) is 28.8 Å². The molecule has 1 spiro atoms. The van der Waals surface area contributed by atoms with Gasteiger partial charge >= 0.3 is 0 Å².